The first-order valence-corrected chi connectivity index (χ1v) is 6.80. The lowest BCUT2D eigenvalue weighted by Crippen LogP contribution is -2.21. The molecule has 0 aliphatic heterocycles. The average molecular weight is 232 g/mol. The maximum atomic E-state index is 5.76. The van der Waals surface area contributed by atoms with Crippen molar-refractivity contribution in [2.24, 2.45) is 0 Å². The lowest BCUT2D eigenvalue weighted by molar-refractivity contribution is 0.500. The quantitative estimate of drug-likeness (QED) is 0.480. The fourth-order valence-corrected chi connectivity index (χ4v) is 5.32. The number of hydrogen-bond acceptors (Lipinski definition) is 0. The van der Waals surface area contributed by atoms with Crippen LogP contribution in [0, 0.1) is 0 Å². The van der Waals surface area contributed by atoms with Gasteiger partial charge in [0.25, 0.3) is 0 Å². The predicted molar refractivity (Wildman–Crippen MR) is 55.7 cm³/mol. The van der Waals surface area contributed by atoms with E-state index in [0.29, 0.717) is 0 Å². The molecule has 0 aromatic rings. The fraction of sp³-hybridized carbons (Fsp3) is 1.00. The van der Waals surface area contributed by atoms with Gasteiger partial charge in [-0.05, 0) is 5.54 Å². The van der Waals surface area contributed by atoms with Crippen LogP contribution < -0.4 is 0 Å². The molecule has 0 N–H and O–H groups in total. The second-order valence-corrected chi connectivity index (χ2v) is 9.81. The Hall–Kier alpha value is 1.09. The van der Waals surface area contributed by atoms with Crippen molar-refractivity contribution in [1.29, 1.82) is 0 Å². The summed E-state index contributed by atoms with van der Waals surface area (Å²) in [5.41, 5.74) is 0.788. The predicted octanol–water partition coefficient (Wildman–Crippen LogP) is 3.24. The van der Waals surface area contributed by atoms with Gasteiger partial charge < -0.3 is 0 Å². The highest BCUT2D eigenvalue weighted by Gasteiger charge is 2.26. The lowest BCUT2D eigenvalue weighted by Gasteiger charge is -2.23. The molecule has 0 heterocycles. The molecule has 1 saturated carbocycles. The van der Waals surface area contributed by atoms with Crippen molar-refractivity contribution in [3.05, 3.63) is 0 Å². The van der Waals surface area contributed by atoms with Gasteiger partial charge in [-0.15, -0.1) is 0 Å². The Labute approximate surface area is 85.4 Å². The third-order valence-electron chi connectivity index (χ3n) is 2.24. The van der Waals surface area contributed by atoms with E-state index in [1.54, 1.807) is 0 Å². The molecule has 4 heteroatoms. The van der Waals surface area contributed by atoms with Gasteiger partial charge in [0.15, 0.2) is 3.42 Å². The van der Waals surface area contributed by atoms with E-state index in [0.717, 1.165) is 5.54 Å². The van der Waals surface area contributed by atoms with Crippen LogP contribution in [0.5, 0.6) is 0 Å². The SMILES string of the molecule is ClC(Cl)(Cl)[SiH2]C1CCCCC1. The van der Waals surface area contributed by atoms with Crippen LogP contribution in [-0.4, -0.2) is 12.9 Å². The minimum Gasteiger partial charge on any atom is -0.0890 e. The van der Waals surface area contributed by atoms with E-state index in [-0.39, 0.29) is 0 Å². The van der Waals surface area contributed by atoms with Gasteiger partial charge in [-0.1, -0.05) is 66.9 Å². The van der Waals surface area contributed by atoms with Crippen LogP contribution in [0.2, 0.25) is 5.54 Å². The summed E-state index contributed by atoms with van der Waals surface area (Å²) in [6.07, 6.45) is 6.68. The molecule has 1 aliphatic rings. The molecular weight excluding hydrogens is 219 g/mol. The molecule has 0 aromatic carbocycles. The van der Waals surface area contributed by atoms with Crippen molar-refractivity contribution in [1.82, 2.24) is 0 Å². The van der Waals surface area contributed by atoms with Crippen molar-refractivity contribution < 1.29 is 0 Å². The van der Waals surface area contributed by atoms with Crippen molar-refractivity contribution >= 4 is 44.3 Å². The largest absolute Gasteiger partial charge is 0.170 e. The van der Waals surface area contributed by atoms with Gasteiger partial charge in [-0.3, -0.25) is 0 Å². The molecule has 0 atom stereocenters. The Kier molecular flexibility index (Phi) is 4.03. The summed E-state index contributed by atoms with van der Waals surface area (Å²) in [4.78, 5) is 0. The van der Waals surface area contributed by atoms with E-state index >= 15 is 0 Å². The Morgan fingerprint density at radius 1 is 1.00 bits per heavy atom. The number of alkyl halides is 3. The Balaban J connectivity index is 2.24. The smallest absolute Gasteiger partial charge is 0.0890 e. The molecule has 66 valence electrons. The number of rotatable bonds is 1. The highest BCUT2D eigenvalue weighted by atomic mass is 35.6. The summed E-state index contributed by atoms with van der Waals surface area (Å²) in [5.74, 6) is 0. The number of halogens is 3. The van der Waals surface area contributed by atoms with Crippen LogP contribution in [-0.2, 0) is 0 Å². The maximum absolute atomic E-state index is 5.76. The highest BCUT2D eigenvalue weighted by Crippen LogP contribution is 2.35. The van der Waals surface area contributed by atoms with Crippen molar-refractivity contribution in [2.45, 2.75) is 41.1 Å². The average Bonchev–Trinajstić information content (AvgIpc) is 1.85. The van der Waals surface area contributed by atoms with Crippen LogP contribution in [0.1, 0.15) is 32.1 Å². The fourth-order valence-electron chi connectivity index (χ4n) is 1.72. The van der Waals surface area contributed by atoms with Gasteiger partial charge >= 0.3 is 0 Å². The van der Waals surface area contributed by atoms with Gasteiger partial charge in [-0.25, -0.2) is 0 Å². The standard InChI is InChI=1S/C7H13Cl3Si/c8-7(9,10)11-6-4-2-1-3-5-6/h6H,1-5,11H2. The monoisotopic (exact) mass is 230 g/mol. The molecule has 11 heavy (non-hydrogen) atoms. The van der Waals surface area contributed by atoms with Gasteiger partial charge in [-0.2, -0.15) is 0 Å². The van der Waals surface area contributed by atoms with Gasteiger partial charge in [0.2, 0.25) is 0 Å². The molecule has 1 aliphatic carbocycles. The Bertz CT molecular complexity index is 115. The molecule has 0 bridgehead atoms. The molecular formula is C7H13Cl3Si. The summed E-state index contributed by atoms with van der Waals surface area (Å²) in [6, 6.07) is 0. The second-order valence-electron chi connectivity index (χ2n) is 3.32. The van der Waals surface area contributed by atoms with Gasteiger partial charge in [0.1, 0.15) is 0 Å². The minimum absolute atomic E-state index is 0.500. The summed E-state index contributed by atoms with van der Waals surface area (Å²) >= 11 is 17.3. The highest BCUT2D eigenvalue weighted by molar-refractivity contribution is 6.87. The molecule has 0 spiro atoms. The normalized spacial score (nSPS) is 23.2. The van der Waals surface area contributed by atoms with Crippen LogP contribution in [0.3, 0.4) is 0 Å². The molecule has 0 amide bonds. The molecule has 1 fully saturated rings. The second kappa shape index (κ2) is 4.36. The summed E-state index contributed by atoms with van der Waals surface area (Å²) in [6.45, 7) is 0. The van der Waals surface area contributed by atoms with E-state index in [1.165, 1.54) is 32.1 Å². The zero-order valence-corrected chi connectivity index (χ0v) is 10.1. The van der Waals surface area contributed by atoms with Crippen LogP contribution in [0.15, 0.2) is 0 Å². The van der Waals surface area contributed by atoms with Crippen molar-refractivity contribution in [3.63, 3.8) is 0 Å². The molecule has 0 unspecified atom stereocenters. The van der Waals surface area contributed by atoms with E-state index in [9.17, 15) is 0 Å². The lowest BCUT2D eigenvalue weighted by atomic mass is 10.0. The summed E-state index contributed by atoms with van der Waals surface area (Å²) in [7, 11) is -0.500. The van der Waals surface area contributed by atoms with Crippen LogP contribution in [0.25, 0.3) is 0 Å². The van der Waals surface area contributed by atoms with E-state index in [4.69, 9.17) is 34.8 Å². The molecule has 0 aromatic heterocycles. The van der Waals surface area contributed by atoms with Crippen molar-refractivity contribution in [2.75, 3.05) is 0 Å². The molecule has 0 radical (unpaired) electrons. The first kappa shape index (κ1) is 10.2. The topological polar surface area (TPSA) is 0 Å². The van der Waals surface area contributed by atoms with Gasteiger partial charge in [0, 0.05) is 0 Å². The first-order chi connectivity index (χ1) is 5.08. The van der Waals surface area contributed by atoms with E-state index in [2.05, 4.69) is 0 Å². The Morgan fingerprint density at radius 2 is 1.55 bits per heavy atom. The Morgan fingerprint density at radius 3 is 2.00 bits per heavy atom. The first-order valence-electron chi connectivity index (χ1n) is 4.15. The van der Waals surface area contributed by atoms with Crippen LogP contribution >= 0.6 is 34.8 Å². The van der Waals surface area contributed by atoms with Crippen LogP contribution in [0.4, 0.5) is 0 Å². The maximum Gasteiger partial charge on any atom is 0.170 e. The molecule has 0 saturated heterocycles. The minimum atomic E-state index is -0.887. The molecule has 0 nitrogen and oxygen atoms in total. The molecule has 1 rings (SSSR count). The zero-order chi connectivity index (χ0) is 8.32. The third kappa shape index (κ3) is 4.61. The summed E-state index contributed by atoms with van der Waals surface area (Å²) < 4.78 is -0.887. The van der Waals surface area contributed by atoms with E-state index in [1.807, 2.05) is 0 Å². The van der Waals surface area contributed by atoms with Gasteiger partial charge in [0.05, 0.1) is 9.52 Å². The summed E-state index contributed by atoms with van der Waals surface area (Å²) in [5, 5.41) is 0. The number of hydrogen-bond donors (Lipinski definition) is 0. The third-order valence-corrected chi connectivity index (χ3v) is 5.49. The van der Waals surface area contributed by atoms with E-state index < -0.39 is 12.9 Å². The van der Waals surface area contributed by atoms with Crippen molar-refractivity contribution in [3.8, 4) is 0 Å². The zero-order valence-electron chi connectivity index (χ0n) is 6.45.